The maximum absolute atomic E-state index is 10.3. The molecule has 0 radical (unpaired) electrons. The maximum atomic E-state index is 10.3. The molecule has 2 N–H and O–H groups in total. The van der Waals surface area contributed by atoms with Crippen LogP contribution in [0.2, 0.25) is 0 Å². The van der Waals surface area contributed by atoms with Crippen molar-refractivity contribution in [3.8, 4) is 5.95 Å². The van der Waals surface area contributed by atoms with Crippen LogP contribution in [0.4, 0.5) is 5.69 Å². The van der Waals surface area contributed by atoms with Crippen LogP contribution in [0.3, 0.4) is 0 Å². The second-order valence-electron chi connectivity index (χ2n) is 1.76. The number of carbonyl (C=O) groups excluding carboxylic acids is 1. The monoisotopic (exact) mass is 141 g/mol. The van der Waals surface area contributed by atoms with E-state index in [-0.39, 0.29) is 5.95 Å². The average molecular weight is 141 g/mol. The first kappa shape index (κ1) is 6.67. The Labute approximate surface area is 57.6 Å². The van der Waals surface area contributed by atoms with Crippen LogP contribution in [0.1, 0.15) is 6.92 Å². The van der Waals surface area contributed by atoms with Crippen LogP contribution in [-0.4, -0.2) is 5.97 Å². The highest BCUT2D eigenvalue weighted by Crippen LogP contribution is 2.21. The minimum Gasteiger partial charge on any atom is -0.432 e. The van der Waals surface area contributed by atoms with Crippen molar-refractivity contribution in [1.82, 2.24) is 0 Å². The van der Waals surface area contributed by atoms with Crippen molar-refractivity contribution in [2.75, 3.05) is 5.73 Å². The number of ether oxygens (including phenoxy) is 1. The Hall–Kier alpha value is -1.45. The predicted molar refractivity (Wildman–Crippen MR) is 34.4 cm³/mol. The molecule has 0 bridgehead atoms. The largest absolute Gasteiger partial charge is 0.432 e. The molecule has 4 nitrogen and oxygen atoms in total. The third-order valence-electron chi connectivity index (χ3n) is 0.895. The molecule has 0 aliphatic carbocycles. The van der Waals surface area contributed by atoms with Gasteiger partial charge in [-0.05, 0) is 0 Å². The lowest BCUT2D eigenvalue weighted by Gasteiger charge is -1.94. The Morgan fingerprint density at radius 1 is 1.80 bits per heavy atom. The topological polar surface area (TPSA) is 65.5 Å². The first-order valence-electron chi connectivity index (χ1n) is 2.71. The van der Waals surface area contributed by atoms with Crippen LogP contribution >= 0.6 is 0 Å². The Bertz CT molecular complexity index is 241. The average Bonchev–Trinajstić information content (AvgIpc) is 2.15. The molecule has 0 amide bonds. The van der Waals surface area contributed by atoms with Crippen LogP contribution in [0.15, 0.2) is 16.7 Å². The summed E-state index contributed by atoms with van der Waals surface area (Å²) in [5.41, 5.74) is 5.65. The first-order valence-corrected chi connectivity index (χ1v) is 2.71. The number of nitrogens with two attached hydrogens (primary N) is 1. The highest BCUT2D eigenvalue weighted by atomic mass is 16.6. The fourth-order valence-corrected chi connectivity index (χ4v) is 0.519. The van der Waals surface area contributed by atoms with Gasteiger partial charge in [0, 0.05) is 13.0 Å². The van der Waals surface area contributed by atoms with Crippen LogP contribution in [0, 0.1) is 0 Å². The molecule has 4 heteroatoms. The molecule has 0 aliphatic heterocycles. The number of esters is 1. The van der Waals surface area contributed by atoms with Crippen molar-refractivity contribution in [2.24, 2.45) is 0 Å². The van der Waals surface area contributed by atoms with E-state index in [1.54, 1.807) is 0 Å². The predicted octanol–water partition coefficient (Wildman–Crippen LogP) is 0.787. The Morgan fingerprint density at radius 3 is 2.90 bits per heavy atom. The van der Waals surface area contributed by atoms with E-state index >= 15 is 0 Å². The number of hydrogen-bond acceptors (Lipinski definition) is 4. The van der Waals surface area contributed by atoms with E-state index in [9.17, 15) is 4.79 Å². The van der Waals surface area contributed by atoms with Crippen molar-refractivity contribution in [1.29, 1.82) is 0 Å². The molecular formula is C6H7NO3. The van der Waals surface area contributed by atoms with Gasteiger partial charge in [0.25, 0.3) is 0 Å². The third kappa shape index (κ3) is 1.28. The Balaban J connectivity index is 2.74. The smallest absolute Gasteiger partial charge is 0.316 e. The lowest BCUT2D eigenvalue weighted by atomic mass is 10.5. The number of hydrogen-bond donors (Lipinski definition) is 1. The number of carbonyl (C=O) groups is 1. The lowest BCUT2D eigenvalue weighted by molar-refractivity contribution is -0.133. The van der Waals surface area contributed by atoms with Gasteiger partial charge in [0.05, 0.1) is 6.26 Å². The zero-order valence-corrected chi connectivity index (χ0v) is 5.46. The van der Waals surface area contributed by atoms with E-state index in [0.717, 1.165) is 0 Å². The first-order chi connectivity index (χ1) is 4.70. The molecular weight excluding hydrogens is 134 g/mol. The van der Waals surface area contributed by atoms with E-state index in [2.05, 4.69) is 4.74 Å². The molecule has 0 aliphatic rings. The van der Waals surface area contributed by atoms with Gasteiger partial charge in [-0.3, -0.25) is 4.79 Å². The lowest BCUT2D eigenvalue weighted by Crippen LogP contribution is -2.01. The minimum atomic E-state index is -0.443. The fraction of sp³-hybridized carbons (Fsp3) is 0.167. The van der Waals surface area contributed by atoms with Gasteiger partial charge in [-0.25, -0.2) is 0 Å². The summed E-state index contributed by atoms with van der Waals surface area (Å²) in [6, 6.07) is 1.51. The Morgan fingerprint density at radius 2 is 2.50 bits per heavy atom. The zero-order valence-electron chi connectivity index (χ0n) is 5.46. The number of furan rings is 1. The van der Waals surface area contributed by atoms with Crippen molar-refractivity contribution in [3.63, 3.8) is 0 Å². The molecule has 0 unspecified atom stereocenters. The molecule has 0 atom stereocenters. The highest BCUT2D eigenvalue weighted by molar-refractivity contribution is 5.70. The summed E-state index contributed by atoms with van der Waals surface area (Å²) in [6.45, 7) is 1.28. The summed E-state index contributed by atoms with van der Waals surface area (Å²) >= 11 is 0. The van der Waals surface area contributed by atoms with Gasteiger partial charge < -0.3 is 14.9 Å². The van der Waals surface area contributed by atoms with E-state index in [0.29, 0.717) is 5.69 Å². The summed E-state index contributed by atoms with van der Waals surface area (Å²) in [5, 5.41) is 0. The summed E-state index contributed by atoms with van der Waals surface area (Å²) < 4.78 is 9.26. The van der Waals surface area contributed by atoms with Crippen LogP contribution in [0.25, 0.3) is 0 Å². The molecule has 1 aromatic rings. The van der Waals surface area contributed by atoms with Crippen molar-refractivity contribution >= 4 is 11.7 Å². The van der Waals surface area contributed by atoms with Gasteiger partial charge in [0.15, 0.2) is 0 Å². The summed E-state index contributed by atoms with van der Waals surface area (Å²) in [4.78, 5) is 10.3. The maximum Gasteiger partial charge on any atom is 0.316 e. The zero-order chi connectivity index (χ0) is 7.56. The normalized spacial score (nSPS) is 9.30. The van der Waals surface area contributed by atoms with Crippen molar-refractivity contribution in [3.05, 3.63) is 12.3 Å². The Kier molecular flexibility index (Phi) is 1.62. The molecule has 0 aromatic carbocycles. The molecule has 0 saturated carbocycles. The van der Waals surface area contributed by atoms with Gasteiger partial charge in [-0.15, -0.1) is 0 Å². The van der Waals surface area contributed by atoms with Crippen LogP contribution < -0.4 is 10.5 Å². The van der Waals surface area contributed by atoms with Gasteiger partial charge in [-0.2, -0.15) is 0 Å². The number of nitrogen functional groups attached to an aromatic ring is 1. The van der Waals surface area contributed by atoms with E-state index in [4.69, 9.17) is 10.2 Å². The van der Waals surface area contributed by atoms with E-state index in [1.807, 2.05) is 0 Å². The second-order valence-corrected chi connectivity index (χ2v) is 1.76. The summed E-state index contributed by atoms with van der Waals surface area (Å²) in [5.74, 6) is -0.380. The minimum absolute atomic E-state index is 0.0625. The summed E-state index contributed by atoms with van der Waals surface area (Å²) in [7, 11) is 0. The molecule has 54 valence electrons. The van der Waals surface area contributed by atoms with Gasteiger partial charge in [-0.1, -0.05) is 0 Å². The number of anilines is 1. The third-order valence-corrected chi connectivity index (χ3v) is 0.895. The quantitative estimate of drug-likeness (QED) is 0.587. The summed E-state index contributed by atoms with van der Waals surface area (Å²) in [6.07, 6.45) is 1.35. The molecule has 1 heterocycles. The molecule has 10 heavy (non-hydrogen) atoms. The van der Waals surface area contributed by atoms with Crippen molar-refractivity contribution in [2.45, 2.75) is 6.92 Å². The van der Waals surface area contributed by atoms with E-state index in [1.165, 1.54) is 19.3 Å². The number of rotatable bonds is 1. The molecule has 0 fully saturated rings. The SMILES string of the molecule is CC(=O)Oc1occc1N. The van der Waals surface area contributed by atoms with Crippen molar-refractivity contribution < 1.29 is 13.9 Å². The second kappa shape index (κ2) is 2.43. The van der Waals surface area contributed by atoms with Gasteiger partial charge >= 0.3 is 11.9 Å². The molecule has 1 aromatic heterocycles. The highest BCUT2D eigenvalue weighted by Gasteiger charge is 2.04. The van der Waals surface area contributed by atoms with Gasteiger partial charge in [0.2, 0.25) is 0 Å². The standard InChI is InChI=1S/C6H7NO3/c1-4(8)10-6-5(7)2-3-9-6/h2-3H,7H2,1H3. The van der Waals surface area contributed by atoms with Crippen LogP contribution in [-0.2, 0) is 4.79 Å². The fourth-order valence-electron chi connectivity index (χ4n) is 0.519. The molecule has 0 spiro atoms. The van der Waals surface area contributed by atoms with E-state index < -0.39 is 5.97 Å². The molecule has 1 rings (SSSR count). The van der Waals surface area contributed by atoms with Crippen LogP contribution in [0.5, 0.6) is 5.95 Å². The van der Waals surface area contributed by atoms with Gasteiger partial charge in [0.1, 0.15) is 5.69 Å². The molecule has 0 saturated heterocycles.